The van der Waals surface area contributed by atoms with Gasteiger partial charge in [-0.2, -0.15) is 0 Å². The van der Waals surface area contributed by atoms with Crippen molar-refractivity contribution < 1.29 is 9.59 Å². The lowest BCUT2D eigenvalue weighted by atomic mass is 10.1. The minimum Gasteiger partial charge on any atom is -0.352 e. The van der Waals surface area contributed by atoms with Gasteiger partial charge in [0.2, 0.25) is 11.8 Å². The van der Waals surface area contributed by atoms with Gasteiger partial charge in [0.25, 0.3) is 0 Å². The molecule has 0 unspecified atom stereocenters. The van der Waals surface area contributed by atoms with Crippen LogP contribution in [0.5, 0.6) is 0 Å². The summed E-state index contributed by atoms with van der Waals surface area (Å²) in [4.78, 5) is 27.8. The van der Waals surface area contributed by atoms with Crippen molar-refractivity contribution in [3.8, 4) is 0 Å². The molecule has 2 aromatic carbocycles. The summed E-state index contributed by atoms with van der Waals surface area (Å²) in [5, 5.41) is 4.00. The van der Waals surface area contributed by atoms with Crippen molar-refractivity contribution in [2.24, 2.45) is 0 Å². The van der Waals surface area contributed by atoms with Gasteiger partial charge in [0.1, 0.15) is 6.04 Å². The van der Waals surface area contributed by atoms with E-state index < -0.39 is 6.04 Å². The van der Waals surface area contributed by atoms with E-state index in [9.17, 15) is 9.59 Å². The molecule has 0 spiro atoms. The molecular formula is C23H25BrCl2N2O2. The minimum absolute atomic E-state index is 0.0378. The van der Waals surface area contributed by atoms with Crippen LogP contribution in [0.4, 0.5) is 0 Å². The quantitative estimate of drug-likeness (QED) is 0.512. The average Bonchev–Trinajstić information content (AvgIpc) is 3.22. The summed E-state index contributed by atoms with van der Waals surface area (Å²) < 4.78 is 0.957. The first-order chi connectivity index (χ1) is 14.3. The van der Waals surface area contributed by atoms with Gasteiger partial charge in [-0.05, 0) is 55.2 Å². The van der Waals surface area contributed by atoms with Crippen LogP contribution in [0.3, 0.4) is 0 Å². The van der Waals surface area contributed by atoms with Crippen molar-refractivity contribution in [1.29, 1.82) is 0 Å². The van der Waals surface area contributed by atoms with Crippen molar-refractivity contribution in [3.63, 3.8) is 0 Å². The number of nitrogens with zero attached hydrogens (tertiary/aromatic N) is 1. The fourth-order valence-corrected chi connectivity index (χ4v) is 4.51. The lowest BCUT2D eigenvalue weighted by Crippen LogP contribution is -2.50. The molecule has 2 aromatic rings. The second kappa shape index (κ2) is 10.7. The molecule has 1 N–H and O–H groups in total. The minimum atomic E-state index is -0.608. The highest BCUT2D eigenvalue weighted by Crippen LogP contribution is 2.26. The molecule has 1 aliphatic carbocycles. The van der Waals surface area contributed by atoms with E-state index >= 15 is 0 Å². The van der Waals surface area contributed by atoms with Crippen molar-refractivity contribution >= 4 is 50.9 Å². The topological polar surface area (TPSA) is 49.4 Å². The Balaban J connectivity index is 1.80. The molecule has 1 atom stereocenters. The van der Waals surface area contributed by atoms with Gasteiger partial charge < -0.3 is 10.2 Å². The van der Waals surface area contributed by atoms with Crippen LogP contribution in [0, 0.1) is 0 Å². The number of hydrogen-bond donors (Lipinski definition) is 1. The molecule has 3 rings (SSSR count). The van der Waals surface area contributed by atoms with Gasteiger partial charge in [-0.1, -0.05) is 70.2 Å². The largest absolute Gasteiger partial charge is 0.352 e. The van der Waals surface area contributed by atoms with Crippen LogP contribution >= 0.6 is 39.1 Å². The summed E-state index contributed by atoms with van der Waals surface area (Å²) in [6.45, 7) is 2.10. The van der Waals surface area contributed by atoms with Crippen molar-refractivity contribution in [2.45, 2.75) is 57.7 Å². The van der Waals surface area contributed by atoms with Gasteiger partial charge in [-0.15, -0.1) is 0 Å². The molecule has 30 heavy (non-hydrogen) atoms. The predicted molar refractivity (Wildman–Crippen MR) is 125 cm³/mol. The number of amides is 2. The number of nitrogens with one attached hydrogen (secondary N) is 1. The number of carbonyl (C=O) groups excluding carboxylic acids is 2. The molecule has 0 saturated heterocycles. The number of hydrogen-bond acceptors (Lipinski definition) is 2. The van der Waals surface area contributed by atoms with Crippen LogP contribution in [0.1, 0.15) is 43.7 Å². The van der Waals surface area contributed by atoms with Crippen LogP contribution in [-0.2, 0) is 22.6 Å². The molecule has 7 heteroatoms. The zero-order valence-corrected chi connectivity index (χ0v) is 19.9. The second-order valence-corrected chi connectivity index (χ2v) is 9.42. The van der Waals surface area contributed by atoms with E-state index in [2.05, 4.69) is 21.2 Å². The summed E-state index contributed by atoms with van der Waals surface area (Å²) in [5.41, 5.74) is 1.52. The van der Waals surface area contributed by atoms with Crippen LogP contribution < -0.4 is 5.32 Å². The van der Waals surface area contributed by atoms with Crippen molar-refractivity contribution in [3.05, 3.63) is 68.1 Å². The average molecular weight is 512 g/mol. The summed E-state index contributed by atoms with van der Waals surface area (Å²) in [5.74, 6) is -0.320. The van der Waals surface area contributed by atoms with Gasteiger partial charge >= 0.3 is 0 Å². The zero-order chi connectivity index (χ0) is 21.7. The maximum absolute atomic E-state index is 13.3. The Kier molecular flexibility index (Phi) is 8.20. The Hall–Kier alpha value is -1.56. The third-order valence-corrected chi connectivity index (χ3v) is 6.76. The van der Waals surface area contributed by atoms with Crippen LogP contribution in [-0.4, -0.2) is 28.8 Å². The molecule has 4 nitrogen and oxygen atoms in total. The molecule has 0 aliphatic heterocycles. The highest BCUT2D eigenvalue weighted by Gasteiger charge is 2.29. The van der Waals surface area contributed by atoms with Crippen molar-refractivity contribution in [2.75, 3.05) is 0 Å². The van der Waals surface area contributed by atoms with Gasteiger partial charge in [0.05, 0.1) is 6.42 Å². The monoisotopic (exact) mass is 510 g/mol. The Bertz CT molecular complexity index is 878. The Morgan fingerprint density at radius 1 is 1.10 bits per heavy atom. The van der Waals surface area contributed by atoms with Gasteiger partial charge in [0.15, 0.2) is 0 Å². The first-order valence-electron chi connectivity index (χ1n) is 10.1. The van der Waals surface area contributed by atoms with E-state index in [0.717, 1.165) is 35.7 Å². The van der Waals surface area contributed by atoms with Crippen LogP contribution in [0.25, 0.3) is 0 Å². The normalized spacial score (nSPS) is 15.1. The van der Waals surface area contributed by atoms with E-state index in [1.165, 1.54) is 0 Å². The smallest absolute Gasteiger partial charge is 0.242 e. The first kappa shape index (κ1) is 23.1. The van der Waals surface area contributed by atoms with E-state index in [1.54, 1.807) is 30.0 Å². The number of halogens is 3. The summed E-state index contributed by atoms with van der Waals surface area (Å²) in [6, 6.07) is 12.5. The number of benzene rings is 2. The summed E-state index contributed by atoms with van der Waals surface area (Å²) >= 11 is 16.0. The zero-order valence-electron chi connectivity index (χ0n) is 16.8. The standard InChI is InChI=1S/C23H25BrCl2N2O2/c1-15(23(30)27-18-5-2-3-6-18)28(14-16-9-11-17(24)12-10-16)22(29)13-19-20(25)7-4-8-21(19)26/h4,7-12,15,18H,2-3,5-6,13-14H2,1H3,(H,27,30)/t15-/m1/s1. The Morgan fingerprint density at radius 3 is 2.30 bits per heavy atom. The number of rotatable bonds is 7. The molecule has 160 valence electrons. The van der Waals surface area contributed by atoms with Crippen molar-refractivity contribution in [1.82, 2.24) is 10.2 Å². The Morgan fingerprint density at radius 2 is 1.70 bits per heavy atom. The molecule has 1 fully saturated rings. The maximum Gasteiger partial charge on any atom is 0.242 e. The fourth-order valence-electron chi connectivity index (χ4n) is 3.72. The van der Waals surface area contributed by atoms with E-state index in [4.69, 9.17) is 23.2 Å². The van der Waals surface area contributed by atoms with Crippen LogP contribution in [0.15, 0.2) is 46.9 Å². The van der Waals surface area contributed by atoms with Gasteiger partial charge in [-0.25, -0.2) is 0 Å². The van der Waals surface area contributed by atoms with Gasteiger partial charge in [-0.3, -0.25) is 9.59 Å². The lowest BCUT2D eigenvalue weighted by molar-refractivity contribution is -0.140. The predicted octanol–water partition coefficient (Wildman–Crippen LogP) is 5.77. The summed E-state index contributed by atoms with van der Waals surface area (Å²) in [6.07, 6.45) is 4.29. The fraction of sp³-hybridized carbons (Fsp3) is 0.391. The number of carbonyl (C=O) groups is 2. The lowest BCUT2D eigenvalue weighted by Gasteiger charge is -2.30. The SMILES string of the molecule is C[C@H](C(=O)NC1CCCC1)N(Cc1ccc(Br)cc1)C(=O)Cc1c(Cl)cccc1Cl. The second-order valence-electron chi connectivity index (χ2n) is 7.69. The van der Waals surface area contributed by atoms with Gasteiger partial charge in [0, 0.05) is 27.1 Å². The molecule has 2 amide bonds. The molecule has 0 radical (unpaired) electrons. The Labute approximate surface area is 196 Å². The molecule has 0 bridgehead atoms. The first-order valence-corrected chi connectivity index (χ1v) is 11.7. The van der Waals surface area contributed by atoms with E-state index in [-0.39, 0.29) is 24.3 Å². The van der Waals surface area contributed by atoms with E-state index in [0.29, 0.717) is 22.2 Å². The molecular weight excluding hydrogens is 487 g/mol. The third kappa shape index (κ3) is 5.99. The van der Waals surface area contributed by atoms with E-state index in [1.807, 2.05) is 24.3 Å². The maximum atomic E-state index is 13.3. The molecule has 0 heterocycles. The highest BCUT2D eigenvalue weighted by molar-refractivity contribution is 9.10. The third-order valence-electron chi connectivity index (χ3n) is 5.52. The molecule has 1 saturated carbocycles. The van der Waals surface area contributed by atoms with Crippen LogP contribution in [0.2, 0.25) is 10.0 Å². The summed E-state index contributed by atoms with van der Waals surface area (Å²) in [7, 11) is 0. The molecule has 1 aliphatic rings. The highest BCUT2D eigenvalue weighted by atomic mass is 79.9. The molecule has 0 aromatic heterocycles.